The molecule has 0 unspecified atom stereocenters. The van der Waals surface area contributed by atoms with Crippen LogP contribution in [-0.2, 0) is 0 Å². The van der Waals surface area contributed by atoms with Crippen molar-refractivity contribution in [1.29, 1.82) is 0 Å². The average Bonchev–Trinajstić information content (AvgIpc) is 2.23. The summed E-state index contributed by atoms with van der Waals surface area (Å²) in [4.78, 5) is 2.71. The Morgan fingerprint density at radius 3 is 2.40 bits per heavy atom. The zero-order valence-electron chi connectivity index (χ0n) is 10.2. The van der Waals surface area contributed by atoms with Crippen LogP contribution in [0.3, 0.4) is 0 Å². The maximum Gasteiger partial charge on any atom is 0.00951 e. The zero-order valence-corrected chi connectivity index (χ0v) is 10.2. The second-order valence-electron chi connectivity index (χ2n) is 5.20. The Labute approximate surface area is 94.4 Å². The van der Waals surface area contributed by atoms with E-state index in [1.807, 2.05) is 0 Å². The lowest BCUT2D eigenvalue weighted by Gasteiger charge is -2.38. The lowest BCUT2D eigenvalue weighted by Crippen LogP contribution is -2.41. The summed E-state index contributed by atoms with van der Waals surface area (Å²) in [6.45, 7) is 7.43. The molecule has 1 saturated heterocycles. The molecular weight excluding hydrogens is 184 g/mol. The second kappa shape index (κ2) is 5.86. The van der Waals surface area contributed by atoms with Gasteiger partial charge >= 0.3 is 0 Å². The average molecular weight is 210 g/mol. The summed E-state index contributed by atoms with van der Waals surface area (Å²) >= 11 is 0. The normalized spacial score (nSPS) is 24.4. The molecule has 1 saturated carbocycles. The standard InChI is InChI=1S/C13H26N2/c1-2-15(13-4-3-5-13)11-8-12-6-9-14-10-7-12/h12-14H,2-11H2,1H3. The van der Waals surface area contributed by atoms with Crippen LogP contribution in [0.2, 0.25) is 0 Å². The second-order valence-corrected chi connectivity index (χ2v) is 5.20. The Morgan fingerprint density at radius 2 is 1.87 bits per heavy atom. The molecule has 0 aromatic carbocycles. The molecule has 2 aliphatic rings. The first-order chi connectivity index (χ1) is 7.40. The van der Waals surface area contributed by atoms with Crippen molar-refractivity contribution in [3.05, 3.63) is 0 Å². The molecule has 1 heterocycles. The van der Waals surface area contributed by atoms with Crippen molar-refractivity contribution in [1.82, 2.24) is 10.2 Å². The van der Waals surface area contributed by atoms with Crippen LogP contribution < -0.4 is 5.32 Å². The Balaban J connectivity index is 1.65. The highest BCUT2D eigenvalue weighted by Gasteiger charge is 2.24. The minimum atomic E-state index is 0.941. The van der Waals surface area contributed by atoms with Crippen molar-refractivity contribution < 1.29 is 0 Å². The largest absolute Gasteiger partial charge is 0.317 e. The van der Waals surface area contributed by atoms with Gasteiger partial charge in [-0.25, -0.2) is 0 Å². The molecule has 0 atom stereocenters. The lowest BCUT2D eigenvalue weighted by molar-refractivity contribution is 0.122. The quantitative estimate of drug-likeness (QED) is 0.749. The first-order valence-electron chi connectivity index (χ1n) is 6.85. The number of piperidine rings is 1. The van der Waals surface area contributed by atoms with Crippen molar-refractivity contribution in [2.24, 2.45) is 5.92 Å². The zero-order chi connectivity index (χ0) is 10.5. The van der Waals surface area contributed by atoms with Crippen LogP contribution in [0.5, 0.6) is 0 Å². The molecule has 0 radical (unpaired) electrons. The predicted molar refractivity (Wildman–Crippen MR) is 65.1 cm³/mol. The fraction of sp³-hybridized carbons (Fsp3) is 1.00. The molecule has 1 aliphatic heterocycles. The molecule has 0 aromatic heterocycles. The first kappa shape index (κ1) is 11.4. The van der Waals surface area contributed by atoms with E-state index in [9.17, 15) is 0 Å². The minimum absolute atomic E-state index is 0.941. The van der Waals surface area contributed by atoms with E-state index in [0.29, 0.717) is 0 Å². The van der Waals surface area contributed by atoms with E-state index in [-0.39, 0.29) is 0 Å². The van der Waals surface area contributed by atoms with Crippen LogP contribution in [-0.4, -0.2) is 37.1 Å². The van der Waals surface area contributed by atoms with Crippen molar-refractivity contribution >= 4 is 0 Å². The topological polar surface area (TPSA) is 15.3 Å². The molecule has 1 aliphatic carbocycles. The van der Waals surface area contributed by atoms with E-state index in [1.54, 1.807) is 0 Å². The summed E-state index contributed by atoms with van der Waals surface area (Å²) in [5.74, 6) is 1.00. The number of rotatable bonds is 5. The highest BCUT2D eigenvalue weighted by atomic mass is 15.2. The molecule has 0 bridgehead atoms. The molecule has 2 heteroatoms. The summed E-state index contributed by atoms with van der Waals surface area (Å²) in [6.07, 6.45) is 8.63. The number of hydrogen-bond donors (Lipinski definition) is 1. The SMILES string of the molecule is CCN(CCC1CCNCC1)C1CCC1. The molecule has 2 nitrogen and oxygen atoms in total. The number of nitrogens with zero attached hydrogens (tertiary/aromatic N) is 1. The van der Waals surface area contributed by atoms with Crippen molar-refractivity contribution in [3.63, 3.8) is 0 Å². The van der Waals surface area contributed by atoms with Gasteiger partial charge in [-0.3, -0.25) is 0 Å². The predicted octanol–water partition coefficient (Wildman–Crippen LogP) is 2.25. The van der Waals surface area contributed by atoms with Crippen LogP contribution in [0.1, 0.15) is 45.4 Å². The molecule has 15 heavy (non-hydrogen) atoms. The molecular formula is C13H26N2. The molecule has 2 rings (SSSR count). The minimum Gasteiger partial charge on any atom is -0.317 e. The van der Waals surface area contributed by atoms with Gasteiger partial charge in [-0.15, -0.1) is 0 Å². The van der Waals surface area contributed by atoms with Gasteiger partial charge in [-0.2, -0.15) is 0 Å². The highest BCUT2D eigenvalue weighted by Crippen LogP contribution is 2.26. The smallest absolute Gasteiger partial charge is 0.00951 e. The third-order valence-corrected chi connectivity index (χ3v) is 4.28. The van der Waals surface area contributed by atoms with E-state index >= 15 is 0 Å². The third kappa shape index (κ3) is 3.18. The molecule has 0 amide bonds. The first-order valence-corrected chi connectivity index (χ1v) is 6.85. The molecule has 2 fully saturated rings. The van der Waals surface area contributed by atoms with Gasteiger partial charge in [0.05, 0.1) is 0 Å². The molecule has 0 spiro atoms. The van der Waals surface area contributed by atoms with Gasteiger partial charge in [0.15, 0.2) is 0 Å². The van der Waals surface area contributed by atoms with E-state index in [2.05, 4.69) is 17.1 Å². The van der Waals surface area contributed by atoms with E-state index in [4.69, 9.17) is 0 Å². The summed E-state index contributed by atoms with van der Waals surface area (Å²) in [6, 6.07) is 0.941. The molecule has 88 valence electrons. The van der Waals surface area contributed by atoms with Crippen molar-refractivity contribution in [3.8, 4) is 0 Å². The van der Waals surface area contributed by atoms with E-state index in [1.165, 1.54) is 64.7 Å². The van der Waals surface area contributed by atoms with Crippen LogP contribution in [0, 0.1) is 5.92 Å². The van der Waals surface area contributed by atoms with Gasteiger partial charge in [0, 0.05) is 6.04 Å². The highest BCUT2D eigenvalue weighted by molar-refractivity contribution is 4.80. The Kier molecular flexibility index (Phi) is 4.45. The number of nitrogens with one attached hydrogen (secondary N) is 1. The van der Waals surface area contributed by atoms with Crippen molar-refractivity contribution in [2.45, 2.75) is 51.5 Å². The van der Waals surface area contributed by atoms with Gasteiger partial charge in [-0.1, -0.05) is 13.3 Å². The maximum atomic E-state index is 3.45. The van der Waals surface area contributed by atoms with E-state index < -0.39 is 0 Å². The van der Waals surface area contributed by atoms with Crippen LogP contribution in [0.4, 0.5) is 0 Å². The summed E-state index contributed by atoms with van der Waals surface area (Å²) in [5, 5.41) is 3.45. The van der Waals surface area contributed by atoms with Crippen molar-refractivity contribution in [2.75, 3.05) is 26.2 Å². The fourth-order valence-electron chi connectivity index (χ4n) is 2.87. The van der Waals surface area contributed by atoms with Gasteiger partial charge in [0.2, 0.25) is 0 Å². The molecule has 1 N–H and O–H groups in total. The number of hydrogen-bond acceptors (Lipinski definition) is 2. The molecule has 0 aromatic rings. The van der Waals surface area contributed by atoms with Gasteiger partial charge < -0.3 is 10.2 Å². The van der Waals surface area contributed by atoms with E-state index in [0.717, 1.165) is 12.0 Å². The van der Waals surface area contributed by atoms with Crippen LogP contribution in [0.15, 0.2) is 0 Å². The van der Waals surface area contributed by atoms with Crippen LogP contribution >= 0.6 is 0 Å². The summed E-state index contributed by atoms with van der Waals surface area (Å²) < 4.78 is 0. The van der Waals surface area contributed by atoms with Crippen LogP contribution in [0.25, 0.3) is 0 Å². The van der Waals surface area contributed by atoms with Gasteiger partial charge in [0.25, 0.3) is 0 Å². The fourth-order valence-corrected chi connectivity index (χ4v) is 2.87. The third-order valence-electron chi connectivity index (χ3n) is 4.28. The Bertz CT molecular complexity index is 171. The Hall–Kier alpha value is -0.0800. The maximum absolute atomic E-state index is 3.45. The van der Waals surface area contributed by atoms with Gasteiger partial charge in [0.1, 0.15) is 0 Å². The summed E-state index contributed by atoms with van der Waals surface area (Å²) in [5.41, 5.74) is 0. The van der Waals surface area contributed by atoms with Gasteiger partial charge in [-0.05, 0) is 64.2 Å². The summed E-state index contributed by atoms with van der Waals surface area (Å²) in [7, 11) is 0. The monoisotopic (exact) mass is 210 g/mol. The Morgan fingerprint density at radius 1 is 1.13 bits per heavy atom. The lowest BCUT2D eigenvalue weighted by atomic mass is 9.90.